The van der Waals surface area contributed by atoms with Crippen LogP contribution in [-0.2, 0) is 14.3 Å². The van der Waals surface area contributed by atoms with Gasteiger partial charge in [0.1, 0.15) is 6.10 Å². The maximum atomic E-state index is 13.2. The minimum absolute atomic E-state index is 0.0245. The summed E-state index contributed by atoms with van der Waals surface area (Å²) in [4.78, 5) is 24.5. The van der Waals surface area contributed by atoms with E-state index in [1.165, 1.54) is 82.7 Å². The quantitative estimate of drug-likeness (QED) is 0.184. The second-order valence-electron chi connectivity index (χ2n) is 19.8. The number of rotatable bonds is 10. The normalized spacial score (nSPS) is 44.7. The largest absolute Gasteiger partial charge is 0.481 e. The molecule has 0 aromatic rings. The average molecular weight is 638 g/mol. The van der Waals surface area contributed by atoms with Crippen molar-refractivity contribution < 1.29 is 19.4 Å². The number of nitrogens with one attached hydrogen (secondary N) is 1. The van der Waals surface area contributed by atoms with E-state index in [9.17, 15) is 14.7 Å². The molecule has 10 atom stereocenters. The van der Waals surface area contributed by atoms with E-state index in [-0.39, 0.29) is 35.7 Å². The molecule has 6 aliphatic rings. The minimum atomic E-state index is -0.863. The smallest absolute Gasteiger partial charge is 0.306 e. The summed E-state index contributed by atoms with van der Waals surface area (Å²) in [5.41, 5.74) is 2.13. The van der Waals surface area contributed by atoms with Crippen LogP contribution < -0.4 is 5.32 Å². The van der Waals surface area contributed by atoms with Crippen LogP contribution in [0, 0.1) is 62.1 Å². The Morgan fingerprint density at radius 3 is 2.22 bits per heavy atom. The van der Waals surface area contributed by atoms with Crippen molar-refractivity contribution in [2.75, 3.05) is 6.54 Å². The lowest BCUT2D eigenvalue weighted by Gasteiger charge is -2.73. The van der Waals surface area contributed by atoms with Crippen molar-refractivity contribution in [1.82, 2.24) is 5.32 Å². The van der Waals surface area contributed by atoms with Crippen LogP contribution in [0.3, 0.4) is 0 Å². The highest BCUT2D eigenvalue weighted by atomic mass is 16.5. The van der Waals surface area contributed by atoms with Crippen molar-refractivity contribution in [2.24, 2.45) is 62.1 Å². The zero-order valence-corrected chi connectivity index (χ0v) is 30.7. The van der Waals surface area contributed by atoms with E-state index >= 15 is 0 Å². The molecule has 6 fully saturated rings. The van der Waals surface area contributed by atoms with Crippen LogP contribution in [0.5, 0.6) is 0 Å². The average Bonchev–Trinajstić information content (AvgIpc) is 3.67. The zero-order valence-electron chi connectivity index (χ0n) is 30.7. The highest BCUT2D eigenvalue weighted by Gasteiger charge is 2.71. The van der Waals surface area contributed by atoms with Gasteiger partial charge in [-0.2, -0.15) is 0 Å². The van der Waals surface area contributed by atoms with Gasteiger partial charge in [-0.05, 0) is 154 Å². The van der Waals surface area contributed by atoms with Crippen LogP contribution in [-0.4, -0.2) is 35.7 Å². The standard InChI is InChI=1S/C41H67NO4/c1-26(2)28-14-19-41(22-23-42-27-10-11-27)21-20-39(8)29(35(28)41)12-13-31-38(7)17-16-32(37(5,6)30(38)15-18-40(31,39)9)46-34(45)25-36(3,4)24-33(43)44/h27-32,35,42H,1,10-25H2,2-9H3,(H,43,44)/t28-,29+,30-,31+,32-,35+,38-,39+,40+,41+/m0/s1. The second kappa shape index (κ2) is 11.6. The van der Waals surface area contributed by atoms with Gasteiger partial charge in [0.25, 0.3) is 0 Å². The number of hydrogen-bond acceptors (Lipinski definition) is 4. The summed E-state index contributed by atoms with van der Waals surface area (Å²) in [6, 6.07) is 0.791. The van der Waals surface area contributed by atoms with Crippen molar-refractivity contribution in [3.05, 3.63) is 12.2 Å². The molecule has 6 saturated carbocycles. The summed E-state index contributed by atoms with van der Waals surface area (Å²) >= 11 is 0. The molecule has 6 aliphatic carbocycles. The van der Waals surface area contributed by atoms with Gasteiger partial charge in [-0.1, -0.05) is 60.6 Å². The Kier molecular flexibility index (Phi) is 8.71. The number of esters is 1. The van der Waals surface area contributed by atoms with Crippen LogP contribution >= 0.6 is 0 Å². The van der Waals surface area contributed by atoms with E-state index in [1.807, 2.05) is 13.8 Å². The fraction of sp³-hybridized carbons (Fsp3) is 0.902. The first kappa shape index (κ1) is 34.5. The van der Waals surface area contributed by atoms with Crippen LogP contribution in [0.15, 0.2) is 12.2 Å². The molecule has 0 aromatic heterocycles. The highest BCUT2D eigenvalue weighted by molar-refractivity contribution is 5.73. The molecule has 260 valence electrons. The molecule has 2 N–H and O–H groups in total. The molecule has 46 heavy (non-hydrogen) atoms. The highest BCUT2D eigenvalue weighted by Crippen LogP contribution is 2.78. The van der Waals surface area contributed by atoms with E-state index in [4.69, 9.17) is 4.74 Å². The molecule has 0 radical (unpaired) electrons. The number of fused-ring (bicyclic) bond motifs is 7. The maximum Gasteiger partial charge on any atom is 0.306 e. The van der Waals surface area contributed by atoms with Gasteiger partial charge in [-0.3, -0.25) is 9.59 Å². The van der Waals surface area contributed by atoms with Gasteiger partial charge in [0, 0.05) is 11.5 Å². The number of carbonyl (C=O) groups is 2. The molecule has 0 spiro atoms. The summed E-state index contributed by atoms with van der Waals surface area (Å²) in [5, 5.41) is 13.2. The van der Waals surface area contributed by atoms with Gasteiger partial charge in [-0.25, -0.2) is 0 Å². The van der Waals surface area contributed by atoms with Crippen molar-refractivity contribution in [1.29, 1.82) is 0 Å². The number of ether oxygens (including phenoxy) is 1. The van der Waals surface area contributed by atoms with Gasteiger partial charge in [-0.15, -0.1) is 0 Å². The van der Waals surface area contributed by atoms with Gasteiger partial charge >= 0.3 is 11.9 Å². The van der Waals surface area contributed by atoms with E-state index in [1.54, 1.807) is 0 Å². The van der Waals surface area contributed by atoms with Crippen molar-refractivity contribution in [2.45, 2.75) is 164 Å². The van der Waals surface area contributed by atoms with Crippen LogP contribution in [0.25, 0.3) is 0 Å². The van der Waals surface area contributed by atoms with Crippen molar-refractivity contribution >= 4 is 11.9 Å². The molecule has 5 heteroatoms. The molecule has 0 saturated heterocycles. The third-order valence-electron chi connectivity index (χ3n) is 16.3. The monoisotopic (exact) mass is 638 g/mol. The van der Waals surface area contributed by atoms with E-state index in [0.717, 1.165) is 30.7 Å². The number of allylic oxidation sites excluding steroid dienone is 1. The lowest BCUT2D eigenvalue weighted by molar-refractivity contribution is -0.250. The van der Waals surface area contributed by atoms with E-state index in [2.05, 4.69) is 53.4 Å². The third kappa shape index (κ3) is 5.53. The fourth-order valence-electron chi connectivity index (χ4n) is 13.8. The number of hydrogen-bond donors (Lipinski definition) is 2. The predicted octanol–water partition coefficient (Wildman–Crippen LogP) is 9.59. The number of aliphatic carboxylic acids is 1. The lowest BCUT2D eigenvalue weighted by Crippen LogP contribution is -2.66. The summed E-state index contributed by atoms with van der Waals surface area (Å²) in [7, 11) is 0. The number of carboxylic acids is 1. The zero-order chi connectivity index (χ0) is 33.5. The first-order valence-corrected chi connectivity index (χ1v) is 19.2. The van der Waals surface area contributed by atoms with Gasteiger partial charge in [0.2, 0.25) is 0 Å². The number of carbonyl (C=O) groups excluding carboxylic acids is 1. The summed E-state index contributed by atoms with van der Waals surface area (Å²) in [6.07, 6.45) is 16.9. The molecule has 5 nitrogen and oxygen atoms in total. The van der Waals surface area contributed by atoms with Crippen LogP contribution in [0.2, 0.25) is 0 Å². The summed E-state index contributed by atoms with van der Waals surface area (Å²) < 4.78 is 6.28. The summed E-state index contributed by atoms with van der Waals surface area (Å²) in [6.45, 7) is 24.7. The second-order valence-corrected chi connectivity index (χ2v) is 19.8. The molecule has 0 amide bonds. The first-order chi connectivity index (χ1) is 21.4. The van der Waals surface area contributed by atoms with E-state index < -0.39 is 11.4 Å². The predicted molar refractivity (Wildman–Crippen MR) is 185 cm³/mol. The molecule has 0 unspecified atom stereocenters. The third-order valence-corrected chi connectivity index (χ3v) is 16.3. The maximum absolute atomic E-state index is 13.2. The first-order valence-electron chi connectivity index (χ1n) is 19.2. The fourth-order valence-corrected chi connectivity index (χ4v) is 13.8. The van der Waals surface area contributed by atoms with Crippen LogP contribution in [0.4, 0.5) is 0 Å². The Morgan fingerprint density at radius 2 is 1.57 bits per heavy atom. The molecule has 0 bridgehead atoms. The van der Waals surface area contributed by atoms with E-state index in [0.29, 0.717) is 34.0 Å². The Bertz CT molecular complexity index is 1220. The van der Waals surface area contributed by atoms with Crippen LogP contribution in [0.1, 0.15) is 152 Å². The molecule has 6 rings (SSSR count). The molecular formula is C41H67NO4. The Balaban J connectivity index is 1.22. The minimum Gasteiger partial charge on any atom is -0.481 e. The SMILES string of the molecule is C=C(C)[C@@H]1CC[C@]2(CCNC3CC3)CC[C@]3(C)[C@H](CC[C@@H]4[C@@]5(C)CC[C@H](OC(=O)CC(C)(C)CC(=O)O)C(C)(C)[C@@H]5CC[C@]43C)[C@@H]12. The Labute approximate surface area is 280 Å². The topological polar surface area (TPSA) is 75.6 Å². The summed E-state index contributed by atoms with van der Waals surface area (Å²) in [5.74, 6) is 2.36. The molecule has 0 aliphatic heterocycles. The Hall–Kier alpha value is -1.36. The molecule has 0 heterocycles. The van der Waals surface area contributed by atoms with Gasteiger partial charge in [0.05, 0.1) is 12.8 Å². The van der Waals surface area contributed by atoms with Crippen molar-refractivity contribution in [3.8, 4) is 0 Å². The molecular weight excluding hydrogens is 570 g/mol. The number of carboxylic acid groups (broad SMARTS) is 1. The van der Waals surface area contributed by atoms with Crippen molar-refractivity contribution in [3.63, 3.8) is 0 Å². The molecule has 0 aromatic carbocycles. The van der Waals surface area contributed by atoms with Gasteiger partial charge < -0.3 is 15.2 Å². The van der Waals surface area contributed by atoms with Gasteiger partial charge in [0.15, 0.2) is 0 Å². The lowest BCUT2D eigenvalue weighted by atomic mass is 9.32. The Morgan fingerprint density at radius 1 is 0.848 bits per heavy atom.